The molecule has 1 saturated heterocycles. The zero-order valence-corrected chi connectivity index (χ0v) is 14.5. The highest BCUT2D eigenvalue weighted by molar-refractivity contribution is 5.97. The number of hydrogen-bond acceptors (Lipinski definition) is 4. The van der Waals surface area contributed by atoms with Gasteiger partial charge in [-0.1, -0.05) is 6.07 Å². The van der Waals surface area contributed by atoms with E-state index in [0.717, 1.165) is 24.5 Å². The zero-order valence-electron chi connectivity index (χ0n) is 14.5. The lowest BCUT2D eigenvalue weighted by atomic mass is 10.2. The first kappa shape index (κ1) is 18.3. The molecule has 4 N–H and O–H groups in total. The fourth-order valence-corrected chi connectivity index (χ4v) is 2.74. The van der Waals surface area contributed by atoms with E-state index < -0.39 is 6.04 Å². The van der Waals surface area contributed by atoms with Gasteiger partial charge in [0.15, 0.2) is 0 Å². The molecule has 0 aliphatic carbocycles. The van der Waals surface area contributed by atoms with Crippen LogP contribution in [-0.2, 0) is 9.59 Å². The molecule has 1 heterocycles. The Morgan fingerprint density at radius 2 is 1.96 bits per heavy atom. The van der Waals surface area contributed by atoms with Gasteiger partial charge < -0.3 is 21.3 Å². The molecule has 0 aromatic heterocycles. The first-order valence-electron chi connectivity index (χ1n) is 8.66. The standard InChI is InChI=1S/C18H28N4O2/c1-13(19)8-9-17(23)20-14(2)18(24)21-15-6-5-7-16(12-15)22-10-3-4-11-22/h5-7,12-14H,3-4,8-11,19H2,1-2H3,(H,20,23)(H,21,24). The van der Waals surface area contributed by atoms with Crippen molar-refractivity contribution in [3.05, 3.63) is 24.3 Å². The summed E-state index contributed by atoms with van der Waals surface area (Å²) in [5, 5.41) is 5.58. The van der Waals surface area contributed by atoms with Gasteiger partial charge in [0.1, 0.15) is 6.04 Å². The Morgan fingerprint density at radius 1 is 1.25 bits per heavy atom. The van der Waals surface area contributed by atoms with E-state index in [0.29, 0.717) is 12.8 Å². The SMILES string of the molecule is CC(N)CCC(=O)NC(C)C(=O)Nc1cccc(N2CCCC2)c1. The second-order valence-corrected chi connectivity index (χ2v) is 6.54. The van der Waals surface area contributed by atoms with Gasteiger partial charge in [-0.05, 0) is 51.3 Å². The molecule has 2 atom stereocenters. The van der Waals surface area contributed by atoms with Crippen LogP contribution in [0.25, 0.3) is 0 Å². The minimum absolute atomic E-state index is 0.0202. The van der Waals surface area contributed by atoms with Crippen LogP contribution in [0.2, 0.25) is 0 Å². The largest absolute Gasteiger partial charge is 0.371 e. The van der Waals surface area contributed by atoms with Gasteiger partial charge in [0, 0.05) is 36.9 Å². The van der Waals surface area contributed by atoms with Gasteiger partial charge in [-0.25, -0.2) is 0 Å². The van der Waals surface area contributed by atoms with Crippen molar-refractivity contribution in [3.8, 4) is 0 Å². The van der Waals surface area contributed by atoms with Gasteiger partial charge in [0.05, 0.1) is 0 Å². The number of nitrogens with one attached hydrogen (secondary N) is 2. The van der Waals surface area contributed by atoms with Crippen LogP contribution in [0.4, 0.5) is 11.4 Å². The first-order chi connectivity index (χ1) is 11.5. The highest BCUT2D eigenvalue weighted by atomic mass is 16.2. The van der Waals surface area contributed by atoms with E-state index in [2.05, 4.69) is 21.6 Å². The molecule has 0 bridgehead atoms. The maximum absolute atomic E-state index is 12.3. The van der Waals surface area contributed by atoms with Gasteiger partial charge in [0.2, 0.25) is 11.8 Å². The molecular weight excluding hydrogens is 304 g/mol. The van der Waals surface area contributed by atoms with Crippen LogP contribution in [0.15, 0.2) is 24.3 Å². The molecule has 1 fully saturated rings. The van der Waals surface area contributed by atoms with E-state index in [4.69, 9.17) is 5.73 Å². The first-order valence-corrected chi connectivity index (χ1v) is 8.66. The number of carbonyl (C=O) groups is 2. The molecule has 0 saturated carbocycles. The van der Waals surface area contributed by atoms with E-state index in [1.54, 1.807) is 6.92 Å². The Hall–Kier alpha value is -2.08. The number of benzene rings is 1. The second kappa shape index (κ2) is 8.68. The lowest BCUT2D eigenvalue weighted by Crippen LogP contribution is -2.41. The predicted octanol–water partition coefficient (Wildman–Crippen LogP) is 1.86. The minimum Gasteiger partial charge on any atom is -0.371 e. The summed E-state index contributed by atoms with van der Waals surface area (Å²) in [7, 11) is 0. The van der Waals surface area contributed by atoms with Crippen LogP contribution in [0.5, 0.6) is 0 Å². The second-order valence-electron chi connectivity index (χ2n) is 6.54. The third kappa shape index (κ3) is 5.53. The molecule has 1 aromatic rings. The number of nitrogens with two attached hydrogens (primary N) is 1. The lowest BCUT2D eigenvalue weighted by molar-refractivity contribution is -0.126. The van der Waals surface area contributed by atoms with Gasteiger partial charge in [-0.2, -0.15) is 0 Å². The maximum atomic E-state index is 12.3. The average Bonchev–Trinajstić information content (AvgIpc) is 3.07. The van der Waals surface area contributed by atoms with Crippen molar-refractivity contribution in [1.82, 2.24) is 5.32 Å². The molecular formula is C18H28N4O2. The molecule has 1 aliphatic heterocycles. The van der Waals surface area contributed by atoms with Crippen molar-refractivity contribution in [2.75, 3.05) is 23.3 Å². The van der Waals surface area contributed by atoms with Gasteiger partial charge in [0.25, 0.3) is 0 Å². The van der Waals surface area contributed by atoms with Crippen LogP contribution < -0.4 is 21.3 Å². The summed E-state index contributed by atoms with van der Waals surface area (Å²) >= 11 is 0. The summed E-state index contributed by atoms with van der Waals surface area (Å²) < 4.78 is 0. The average molecular weight is 332 g/mol. The summed E-state index contributed by atoms with van der Waals surface area (Å²) in [6, 6.07) is 7.24. The fraction of sp³-hybridized carbons (Fsp3) is 0.556. The molecule has 1 aromatic carbocycles. The van der Waals surface area contributed by atoms with Crippen LogP contribution in [0.3, 0.4) is 0 Å². The summed E-state index contributed by atoms with van der Waals surface area (Å²) in [6.07, 6.45) is 3.36. The molecule has 6 nitrogen and oxygen atoms in total. The number of hydrogen-bond donors (Lipinski definition) is 3. The lowest BCUT2D eigenvalue weighted by Gasteiger charge is -2.19. The van der Waals surface area contributed by atoms with Gasteiger partial charge in [-0.15, -0.1) is 0 Å². The summed E-state index contributed by atoms with van der Waals surface area (Å²) in [5.74, 6) is -0.372. The number of nitrogens with zero attached hydrogens (tertiary/aromatic N) is 1. The van der Waals surface area contributed by atoms with E-state index in [1.165, 1.54) is 12.8 Å². The smallest absolute Gasteiger partial charge is 0.246 e. The molecule has 0 spiro atoms. The van der Waals surface area contributed by atoms with Crippen molar-refractivity contribution in [2.45, 2.75) is 51.6 Å². The molecule has 132 valence electrons. The number of rotatable bonds is 7. The van der Waals surface area contributed by atoms with Crippen LogP contribution in [0.1, 0.15) is 39.5 Å². The summed E-state index contributed by atoms with van der Waals surface area (Å²) in [4.78, 5) is 26.4. The molecule has 24 heavy (non-hydrogen) atoms. The Morgan fingerprint density at radius 3 is 2.62 bits per heavy atom. The predicted molar refractivity (Wildman–Crippen MR) is 97.0 cm³/mol. The van der Waals surface area contributed by atoms with Crippen molar-refractivity contribution >= 4 is 23.2 Å². The molecule has 2 rings (SSSR count). The maximum Gasteiger partial charge on any atom is 0.246 e. The van der Waals surface area contributed by atoms with Crippen LogP contribution >= 0.6 is 0 Å². The van der Waals surface area contributed by atoms with E-state index >= 15 is 0 Å². The van der Waals surface area contributed by atoms with E-state index in [-0.39, 0.29) is 17.9 Å². The normalized spacial score (nSPS) is 16.5. The topological polar surface area (TPSA) is 87.5 Å². The van der Waals surface area contributed by atoms with Gasteiger partial charge in [-0.3, -0.25) is 9.59 Å². The summed E-state index contributed by atoms with van der Waals surface area (Å²) in [6.45, 7) is 5.66. The van der Waals surface area contributed by atoms with Crippen LogP contribution in [0, 0.1) is 0 Å². The van der Waals surface area contributed by atoms with Crippen molar-refractivity contribution in [3.63, 3.8) is 0 Å². The molecule has 0 radical (unpaired) electrons. The quantitative estimate of drug-likeness (QED) is 0.711. The Balaban J connectivity index is 1.86. The Bertz CT molecular complexity index is 568. The third-order valence-electron chi connectivity index (χ3n) is 4.18. The monoisotopic (exact) mass is 332 g/mol. The van der Waals surface area contributed by atoms with Crippen molar-refractivity contribution < 1.29 is 9.59 Å². The van der Waals surface area contributed by atoms with Crippen molar-refractivity contribution in [2.24, 2.45) is 5.73 Å². The highest BCUT2D eigenvalue weighted by Crippen LogP contribution is 2.23. The van der Waals surface area contributed by atoms with Crippen molar-refractivity contribution in [1.29, 1.82) is 0 Å². The number of amides is 2. The molecule has 2 unspecified atom stereocenters. The fourth-order valence-electron chi connectivity index (χ4n) is 2.74. The van der Waals surface area contributed by atoms with Crippen LogP contribution in [-0.4, -0.2) is 37.0 Å². The molecule has 1 aliphatic rings. The highest BCUT2D eigenvalue weighted by Gasteiger charge is 2.17. The summed E-state index contributed by atoms with van der Waals surface area (Å²) in [5.41, 5.74) is 7.51. The Kier molecular flexibility index (Phi) is 6.61. The number of carbonyl (C=O) groups excluding carboxylic acids is 2. The minimum atomic E-state index is -0.582. The molecule has 6 heteroatoms. The Labute approximate surface area is 143 Å². The third-order valence-corrected chi connectivity index (χ3v) is 4.18. The number of anilines is 2. The van der Waals surface area contributed by atoms with Gasteiger partial charge >= 0.3 is 0 Å². The van der Waals surface area contributed by atoms with E-state index in [9.17, 15) is 9.59 Å². The van der Waals surface area contributed by atoms with E-state index in [1.807, 2.05) is 25.1 Å². The zero-order chi connectivity index (χ0) is 17.5. The molecule has 2 amide bonds.